The Kier molecular flexibility index (Phi) is 17.8. The smallest absolute Gasteiger partial charge is 0.343 e. The van der Waals surface area contributed by atoms with E-state index in [9.17, 15) is 0 Å². The van der Waals surface area contributed by atoms with Crippen LogP contribution in [0.25, 0.3) is 0 Å². The van der Waals surface area contributed by atoms with E-state index < -0.39 is 39.3 Å². The van der Waals surface area contributed by atoms with E-state index in [0.29, 0.717) is 33.0 Å². The molecule has 0 unspecified atom stereocenters. The SMILES string of the molecule is C=CCCCO[C@H]1O[C@H](COCc2ccccc2)[C@@H](OCc2ccccc2)[C@H](OCc2ccccc2)[C@@H]1O[Si](OCCCC=C)(C(C)C)C(C)C. The largest absolute Gasteiger partial charge is 0.394 e. The summed E-state index contributed by atoms with van der Waals surface area (Å²) in [6.07, 6.45) is 4.29. The molecule has 1 aliphatic rings. The maximum Gasteiger partial charge on any atom is 0.343 e. The number of unbranched alkanes of at least 4 members (excludes halogenated alkanes) is 2. The molecule has 0 spiro atoms. The molecule has 0 bridgehead atoms. The fraction of sp³-hybridized carbons (Fsp3) is 0.488. The first-order chi connectivity index (χ1) is 24.9. The first kappa shape index (κ1) is 40.8. The molecule has 7 nitrogen and oxygen atoms in total. The number of hydrogen-bond acceptors (Lipinski definition) is 7. The predicted molar refractivity (Wildman–Crippen MR) is 206 cm³/mol. The summed E-state index contributed by atoms with van der Waals surface area (Å²) in [5.74, 6) is 0. The average molecular weight is 717 g/mol. The average Bonchev–Trinajstić information content (AvgIpc) is 3.15. The molecule has 3 aromatic rings. The van der Waals surface area contributed by atoms with Crippen molar-refractivity contribution in [2.24, 2.45) is 0 Å². The Labute approximate surface area is 308 Å². The zero-order chi connectivity index (χ0) is 36.3. The molecule has 0 amide bonds. The van der Waals surface area contributed by atoms with Gasteiger partial charge >= 0.3 is 8.56 Å². The number of ether oxygens (including phenoxy) is 5. The summed E-state index contributed by atoms with van der Waals surface area (Å²) in [4.78, 5) is 0. The van der Waals surface area contributed by atoms with E-state index in [1.54, 1.807) is 0 Å². The van der Waals surface area contributed by atoms with E-state index in [2.05, 4.69) is 77.3 Å². The van der Waals surface area contributed by atoms with Gasteiger partial charge in [-0.3, -0.25) is 0 Å². The monoisotopic (exact) mass is 716 g/mol. The Hall–Kier alpha value is -2.92. The second-order valence-electron chi connectivity index (χ2n) is 13.8. The van der Waals surface area contributed by atoms with Crippen LogP contribution in [-0.2, 0) is 52.4 Å². The van der Waals surface area contributed by atoms with Crippen molar-refractivity contribution in [3.05, 3.63) is 133 Å². The van der Waals surface area contributed by atoms with E-state index in [0.717, 1.165) is 42.4 Å². The van der Waals surface area contributed by atoms with Gasteiger partial charge in [-0.15, -0.1) is 13.2 Å². The predicted octanol–water partition coefficient (Wildman–Crippen LogP) is 9.71. The van der Waals surface area contributed by atoms with Crippen molar-refractivity contribution in [2.45, 2.75) is 115 Å². The Bertz CT molecular complexity index is 1360. The van der Waals surface area contributed by atoms with Crippen LogP contribution in [0.2, 0.25) is 11.1 Å². The molecular formula is C43H60O7Si. The molecule has 0 saturated carbocycles. The first-order valence-electron chi connectivity index (χ1n) is 18.6. The molecular weight excluding hydrogens is 657 g/mol. The van der Waals surface area contributed by atoms with Gasteiger partial charge in [-0.1, -0.05) is 131 Å². The van der Waals surface area contributed by atoms with Gasteiger partial charge in [0.2, 0.25) is 0 Å². The van der Waals surface area contributed by atoms with E-state index >= 15 is 0 Å². The highest BCUT2D eigenvalue weighted by atomic mass is 28.4. The minimum absolute atomic E-state index is 0.146. The van der Waals surface area contributed by atoms with E-state index in [4.69, 9.17) is 32.5 Å². The zero-order valence-corrected chi connectivity index (χ0v) is 32.2. The summed E-state index contributed by atoms with van der Waals surface area (Å²) in [6, 6.07) is 30.5. The van der Waals surface area contributed by atoms with Gasteiger partial charge in [-0.2, -0.15) is 0 Å². The Morgan fingerprint density at radius 2 is 1.12 bits per heavy atom. The third-order valence-corrected chi connectivity index (χ3v) is 13.7. The topological polar surface area (TPSA) is 64.6 Å². The Morgan fingerprint density at radius 1 is 0.627 bits per heavy atom. The molecule has 0 N–H and O–H groups in total. The van der Waals surface area contributed by atoms with Crippen LogP contribution < -0.4 is 0 Å². The molecule has 278 valence electrons. The fourth-order valence-corrected chi connectivity index (χ4v) is 10.2. The summed E-state index contributed by atoms with van der Waals surface area (Å²) >= 11 is 0. The molecule has 1 saturated heterocycles. The first-order valence-corrected chi connectivity index (χ1v) is 20.6. The summed E-state index contributed by atoms with van der Waals surface area (Å²) in [5.41, 5.74) is 3.49. The zero-order valence-electron chi connectivity index (χ0n) is 31.2. The highest BCUT2D eigenvalue weighted by molar-refractivity contribution is 6.70. The molecule has 5 atom stereocenters. The van der Waals surface area contributed by atoms with E-state index in [1.165, 1.54) is 0 Å². The maximum absolute atomic E-state index is 7.43. The third kappa shape index (κ3) is 12.6. The normalized spacial score (nSPS) is 20.9. The molecule has 1 fully saturated rings. The fourth-order valence-electron chi connectivity index (χ4n) is 6.47. The van der Waals surface area contributed by atoms with Gasteiger partial charge in [-0.25, -0.2) is 0 Å². The quantitative estimate of drug-likeness (QED) is 0.0520. The lowest BCUT2D eigenvalue weighted by Crippen LogP contribution is -2.65. The number of benzene rings is 3. The van der Waals surface area contributed by atoms with Gasteiger partial charge in [-0.05, 0) is 53.5 Å². The van der Waals surface area contributed by atoms with Crippen LogP contribution in [0.15, 0.2) is 116 Å². The van der Waals surface area contributed by atoms with Gasteiger partial charge in [0.1, 0.15) is 24.4 Å². The molecule has 0 aliphatic carbocycles. The number of hydrogen-bond donors (Lipinski definition) is 0. The van der Waals surface area contributed by atoms with Crippen molar-refractivity contribution >= 4 is 8.56 Å². The van der Waals surface area contributed by atoms with Crippen molar-refractivity contribution in [1.29, 1.82) is 0 Å². The van der Waals surface area contributed by atoms with E-state index in [1.807, 2.05) is 66.7 Å². The summed E-state index contributed by atoms with van der Waals surface area (Å²) in [7, 11) is -2.92. The van der Waals surface area contributed by atoms with Crippen LogP contribution in [0.3, 0.4) is 0 Å². The minimum atomic E-state index is -2.92. The van der Waals surface area contributed by atoms with Crippen molar-refractivity contribution in [3.8, 4) is 0 Å². The number of rotatable bonds is 24. The number of allylic oxidation sites excluding steroid dienone is 2. The van der Waals surface area contributed by atoms with Crippen molar-refractivity contribution in [1.82, 2.24) is 0 Å². The van der Waals surface area contributed by atoms with Crippen LogP contribution >= 0.6 is 0 Å². The van der Waals surface area contributed by atoms with Crippen LogP contribution in [-0.4, -0.2) is 59.1 Å². The molecule has 0 radical (unpaired) electrons. The van der Waals surface area contributed by atoms with Crippen molar-refractivity contribution < 1.29 is 32.5 Å². The Morgan fingerprint density at radius 3 is 1.63 bits per heavy atom. The van der Waals surface area contributed by atoms with Gasteiger partial charge in [0.15, 0.2) is 6.29 Å². The molecule has 51 heavy (non-hydrogen) atoms. The minimum Gasteiger partial charge on any atom is -0.394 e. The summed E-state index contributed by atoms with van der Waals surface area (Å²) in [6.45, 7) is 19.2. The standard InChI is InChI=1S/C43H60O7Si/c1-7-9-20-28-45-43-42(50-51(34(3)4,35(5)6)48-29-21-10-8-2)41(47-32-38-26-18-13-19-27-38)40(46-31-37-24-16-12-17-25-37)39(49-43)33-44-30-36-22-14-11-15-23-36/h7-8,11-19,22-27,34-35,39-43H,1-2,9-10,20-21,28-33H2,3-6H3/t39-,40-,41+,42+,43+/m1/s1. The van der Waals surface area contributed by atoms with Crippen molar-refractivity contribution in [2.75, 3.05) is 19.8 Å². The molecule has 3 aromatic carbocycles. The van der Waals surface area contributed by atoms with E-state index in [-0.39, 0.29) is 17.7 Å². The van der Waals surface area contributed by atoms with Crippen LogP contribution in [0, 0.1) is 0 Å². The highest BCUT2D eigenvalue weighted by Gasteiger charge is 2.55. The molecule has 1 aliphatic heterocycles. The summed E-state index contributed by atoms with van der Waals surface area (Å²) in [5, 5.41) is 0. The van der Waals surface area contributed by atoms with Gasteiger partial charge in [0.25, 0.3) is 0 Å². The van der Waals surface area contributed by atoms with Gasteiger partial charge in [0, 0.05) is 6.61 Å². The molecule has 8 heteroatoms. The molecule has 4 rings (SSSR count). The lowest BCUT2D eigenvalue weighted by atomic mass is 9.98. The lowest BCUT2D eigenvalue weighted by Gasteiger charge is -2.50. The highest BCUT2D eigenvalue weighted by Crippen LogP contribution is 2.40. The third-order valence-electron chi connectivity index (χ3n) is 9.20. The lowest BCUT2D eigenvalue weighted by molar-refractivity contribution is -0.317. The Balaban J connectivity index is 1.73. The second-order valence-corrected chi connectivity index (χ2v) is 18.0. The van der Waals surface area contributed by atoms with Crippen LogP contribution in [0.5, 0.6) is 0 Å². The summed E-state index contributed by atoms with van der Waals surface area (Å²) < 4.78 is 48.0. The van der Waals surface area contributed by atoms with Crippen LogP contribution in [0.1, 0.15) is 70.1 Å². The van der Waals surface area contributed by atoms with Crippen molar-refractivity contribution in [3.63, 3.8) is 0 Å². The van der Waals surface area contributed by atoms with Gasteiger partial charge in [0.05, 0.1) is 33.0 Å². The molecule has 0 aromatic heterocycles. The van der Waals surface area contributed by atoms with Crippen LogP contribution in [0.4, 0.5) is 0 Å². The second kappa shape index (κ2) is 22.2. The maximum atomic E-state index is 7.43. The molecule has 1 heterocycles. The van der Waals surface area contributed by atoms with Gasteiger partial charge < -0.3 is 32.5 Å².